The maximum absolute atomic E-state index is 12.4. The number of nitrogens with zero attached hydrogens (tertiary/aromatic N) is 1. The van der Waals surface area contributed by atoms with Gasteiger partial charge in [0.2, 0.25) is 16.8 Å². The van der Waals surface area contributed by atoms with Crippen LogP contribution in [0.15, 0.2) is 47.4 Å². The Morgan fingerprint density at radius 3 is 2.62 bits per heavy atom. The Kier molecular flexibility index (Phi) is 5.01. The van der Waals surface area contributed by atoms with Crippen molar-refractivity contribution in [2.75, 3.05) is 26.2 Å². The summed E-state index contributed by atoms with van der Waals surface area (Å²) in [5.74, 6) is 1.18. The average Bonchev–Trinajstić information content (AvgIpc) is 3.07. The van der Waals surface area contributed by atoms with Gasteiger partial charge in [0, 0.05) is 32.4 Å². The molecule has 2 aromatic rings. The normalized spacial score (nSPS) is 12.9. The summed E-state index contributed by atoms with van der Waals surface area (Å²) >= 11 is 0. The smallest absolute Gasteiger partial charge is 0.319 e. The van der Waals surface area contributed by atoms with Gasteiger partial charge in [0.25, 0.3) is 0 Å². The van der Waals surface area contributed by atoms with Gasteiger partial charge < -0.3 is 20.1 Å². The summed E-state index contributed by atoms with van der Waals surface area (Å²) in [5.41, 5.74) is 1.04. The number of hydrogen-bond donors (Lipinski definition) is 2. The zero-order valence-electron chi connectivity index (χ0n) is 14.4. The molecule has 0 spiro atoms. The van der Waals surface area contributed by atoms with Crippen LogP contribution in [0.25, 0.3) is 0 Å². The Bertz CT molecular complexity index is 928. The molecule has 3 rings (SSSR count). The summed E-state index contributed by atoms with van der Waals surface area (Å²) in [6.07, 6.45) is 0. The van der Waals surface area contributed by atoms with Gasteiger partial charge in [0.05, 0.1) is 4.90 Å². The Hall–Kier alpha value is -2.78. The van der Waals surface area contributed by atoms with E-state index in [9.17, 15) is 13.2 Å². The number of benzene rings is 2. The van der Waals surface area contributed by atoms with E-state index in [0.29, 0.717) is 22.7 Å². The molecule has 2 aromatic carbocycles. The molecule has 0 saturated carbocycles. The fourth-order valence-corrected chi connectivity index (χ4v) is 3.54. The third-order valence-electron chi connectivity index (χ3n) is 3.80. The van der Waals surface area contributed by atoms with Gasteiger partial charge in [-0.15, -0.1) is 0 Å². The maximum Gasteiger partial charge on any atom is 0.319 e. The van der Waals surface area contributed by atoms with E-state index >= 15 is 0 Å². The lowest BCUT2D eigenvalue weighted by Gasteiger charge is -2.15. The van der Waals surface area contributed by atoms with Crippen molar-refractivity contribution >= 4 is 21.7 Å². The largest absolute Gasteiger partial charge is 0.454 e. The van der Waals surface area contributed by atoms with E-state index in [1.165, 1.54) is 20.2 Å². The highest BCUT2D eigenvalue weighted by Gasteiger charge is 2.21. The first-order valence-corrected chi connectivity index (χ1v) is 9.27. The molecule has 26 heavy (non-hydrogen) atoms. The second-order valence-electron chi connectivity index (χ2n) is 5.77. The number of carbonyl (C=O) groups is 1. The number of hydrogen-bond acceptors (Lipinski definition) is 5. The maximum atomic E-state index is 12.4. The van der Waals surface area contributed by atoms with Crippen molar-refractivity contribution in [2.24, 2.45) is 0 Å². The predicted molar refractivity (Wildman–Crippen MR) is 95.7 cm³/mol. The average molecular weight is 377 g/mol. The molecule has 1 aliphatic heterocycles. The number of amides is 2. The Labute approximate surface area is 151 Å². The highest BCUT2D eigenvalue weighted by molar-refractivity contribution is 7.89. The van der Waals surface area contributed by atoms with Crippen LogP contribution in [0.1, 0.15) is 5.56 Å². The highest BCUT2D eigenvalue weighted by atomic mass is 32.2. The van der Waals surface area contributed by atoms with Gasteiger partial charge in [-0.2, -0.15) is 0 Å². The van der Waals surface area contributed by atoms with Crippen LogP contribution in [-0.2, 0) is 16.6 Å². The number of ether oxygens (including phenoxy) is 2. The van der Waals surface area contributed by atoms with Gasteiger partial charge in [0.15, 0.2) is 11.5 Å². The molecule has 138 valence electrons. The molecule has 0 atom stereocenters. The molecule has 1 aliphatic rings. The fraction of sp³-hybridized carbons (Fsp3) is 0.235. The van der Waals surface area contributed by atoms with Gasteiger partial charge in [-0.1, -0.05) is 18.2 Å². The standard InChI is InChI=1S/C17H19N3O5S/c1-20(2)26(22,23)16-6-4-3-5-12(16)10-18-17(21)19-13-7-8-14-15(9-13)25-11-24-14/h3-9H,10-11H2,1-2H3,(H2,18,19,21). The molecule has 0 aromatic heterocycles. The summed E-state index contributed by atoms with van der Waals surface area (Å²) in [6.45, 7) is 0.224. The van der Waals surface area contributed by atoms with E-state index < -0.39 is 16.1 Å². The summed E-state index contributed by atoms with van der Waals surface area (Å²) in [7, 11) is -0.662. The Morgan fingerprint density at radius 1 is 1.12 bits per heavy atom. The first-order valence-electron chi connectivity index (χ1n) is 7.83. The zero-order valence-corrected chi connectivity index (χ0v) is 15.2. The quantitative estimate of drug-likeness (QED) is 0.831. The van der Waals surface area contributed by atoms with Crippen molar-refractivity contribution < 1.29 is 22.7 Å². The number of carbonyl (C=O) groups excluding carboxylic acids is 1. The Balaban J connectivity index is 1.67. The van der Waals surface area contributed by atoms with Crippen LogP contribution >= 0.6 is 0 Å². The molecule has 0 aliphatic carbocycles. The van der Waals surface area contributed by atoms with Crippen LogP contribution in [0.5, 0.6) is 11.5 Å². The molecule has 1 heterocycles. The minimum atomic E-state index is -3.59. The lowest BCUT2D eigenvalue weighted by molar-refractivity contribution is 0.174. The molecule has 0 fully saturated rings. The van der Waals surface area contributed by atoms with E-state index in [1.54, 1.807) is 36.4 Å². The first-order chi connectivity index (χ1) is 12.4. The van der Waals surface area contributed by atoms with E-state index in [2.05, 4.69) is 10.6 Å². The molecular weight excluding hydrogens is 358 g/mol. The lowest BCUT2D eigenvalue weighted by atomic mass is 10.2. The molecule has 2 amide bonds. The second kappa shape index (κ2) is 7.22. The van der Waals surface area contributed by atoms with Crippen molar-refractivity contribution in [2.45, 2.75) is 11.4 Å². The third kappa shape index (κ3) is 3.73. The summed E-state index contributed by atoms with van der Waals surface area (Å²) < 4.78 is 36.4. The van der Waals surface area contributed by atoms with E-state index in [-0.39, 0.29) is 18.2 Å². The van der Waals surface area contributed by atoms with Crippen molar-refractivity contribution in [3.63, 3.8) is 0 Å². The first kappa shape index (κ1) is 18.0. The molecule has 8 nitrogen and oxygen atoms in total. The van der Waals surface area contributed by atoms with E-state index in [4.69, 9.17) is 9.47 Å². The lowest BCUT2D eigenvalue weighted by Crippen LogP contribution is -2.30. The third-order valence-corrected chi connectivity index (χ3v) is 5.72. The van der Waals surface area contributed by atoms with Gasteiger partial charge in [0.1, 0.15) is 0 Å². The molecular formula is C17H19N3O5S. The fourth-order valence-electron chi connectivity index (χ4n) is 2.42. The highest BCUT2D eigenvalue weighted by Crippen LogP contribution is 2.34. The topological polar surface area (TPSA) is 97.0 Å². The Morgan fingerprint density at radius 2 is 1.85 bits per heavy atom. The molecule has 0 saturated heterocycles. The summed E-state index contributed by atoms with van der Waals surface area (Å²) in [4.78, 5) is 12.3. The number of anilines is 1. The van der Waals surface area contributed by atoms with Crippen LogP contribution < -0.4 is 20.1 Å². The van der Waals surface area contributed by atoms with E-state index in [1.807, 2.05) is 0 Å². The van der Waals surface area contributed by atoms with Crippen LogP contribution in [0.2, 0.25) is 0 Å². The molecule has 0 radical (unpaired) electrons. The monoisotopic (exact) mass is 377 g/mol. The number of sulfonamides is 1. The summed E-state index contributed by atoms with van der Waals surface area (Å²) in [5, 5.41) is 5.34. The van der Waals surface area contributed by atoms with Crippen LogP contribution in [0, 0.1) is 0 Å². The summed E-state index contributed by atoms with van der Waals surface area (Å²) in [6, 6.07) is 11.1. The number of rotatable bonds is 5. The number of fused-ring (bicyclic) bond motifs is 1. The van der Waals surface area contributed by atoms with Gasteiger partial charge in [-0.05, 0) is 23.8 Å². The van der Waals surface area contributed by atoms with Crippen molar-refractivity contribution in [3.8, 4) is 11.5 Å². The zero-order chi connectivity index (χ0) is 18.7. The van der Waals surface area contributed by atoms with E-state index in [0.717, 1.165) is 4.31 Å². The van der Waals surface area contributed by atoms with Crippen molar-refractivity contribution in [1.29, 1.82) is 0 Å². The molecule has 9 heteroatoms. The van der Waals surface area contributed by atoms with Gasteiger partial charge in [-0.25, -0.2) is 17.5 Å². The molecule has 0 unspecified atom stereocenters. The van der Waals surface area contributed by atoms with Gasteiger partial charge >= 0.3 is 6.03 Å². The van der Waals surface area contributed by atoms with Crippen LogP contribution in [0.3, 0.4) is 0 Å². The van der Waals surface area contributed by atoms with Crippen LogP contribution in [0.4, 0.5) is 10.5 Å². The number of nitrogens with one attached hydrogen (secondary N) is 2. The molecule has 2 N–H and O–H groups in total. The number of urea groups is 1. The minimum Gasteiger partial charge on any atom is -0.454 e. The SMILES string of the molecule is CN(C)S(=O)(=O)c1ccccc1CNC(=O)Nc1ccc2c(c1)OCO2. The van der Waals surface area contributed by atoms with Crippen LogP contribution in [-0.4, -0.2) is 39.6 Å². The van der Waals surface area contributed by atoms with Crippen molar-refractivity contribution in [1.82, 2.24) is 9.62 Å². The second-order valence-corrected chi connectivity index (χ2v) is 7.89. The molecule has 0 bridgehead atoms. The predicted octanol–water partition coefficient (Wildman–Crippen LogP) is 1.99. The minimum absolute atomic E-state index is 0.0691. The van der Waals surface area contributed by atoms with Crippen molar-refractivity contribution in [3.05, 3.63) is 48.0 Å². The van der Waals surface area contributed by atoms with Gasteiger partial charge in [-0.3, -0.25) is 0 Å².